The van der Waals surface area contributed by atoms with Crippen LogP contribution < -0.4 is 52.1 Å². The van der Waals surface area contributed by atoms with E-state index < -0.39 is 23.0 Å². The highest BCUT2D eigenvalue weighted by atomic mass is 16.6. The highest BCUT2D eigenvalue weighted by Gasteiger charge is 2.54. The zero-order valence-corrected chi connectivity index (χ0v) is 79.2. The Morgan fingerprint density at radius 2 is 0.790 bits per heavy atom. The van der Waals surface area contributed by atoms with Gasteiger partial charge >= 0.3 is 5.97 Å². The number of esters is 1. The Morgan fingerprint density at radius 1 is 0.406 bits per heavy atom. The summed E-state index contributed by atoms with van der Waals surface area (Å²) in [6.45, 7) is 7.66. The van der Waals surface area contributed by atoms with Gasteiger partial charge in [-0.15, -0.1) is 0 Å². The van der Waals surface area contributed by atoms with Gasteiger partial charge in [-0.2, -0.15) is 24.9 Å². The molecular weight excluding hydrogens is 1860 g/mol. The Morgan fingerprint density at radius 3 is 1.24 bits per heavy atom. The molecule has 1 unspecified atom stereocenters. The number of rotatable bonds is 69. The fourth-order valence-corrected chi connectivity index (χ4v) is 15.1. The molecule has 0 saturated carbocycles. The van der Waals surface area contributed by atoms with Crippen LogP contribution in [0.15, 0.2) is 145 Å². The van der Waals surface area contributed by atoms with E-state index in [4.69, 9.17) is 112 Å². The number of hydrogen-bond donors (Lipinski definition) is 10. The Kier molecular flexibility index (Phi) is 40.9. The number of nitrogen functional groups attached to an aromatic ring is 3. The van der Waals surface area contributed by atoms with Crippen LogP contribution in [-0.4, -0.2) is 293 Å². The van der Waals surface area contributed by atoms with Gasteiger partial charge in [-0.05, 0) is 76.2 Å². The van der Waals surface area contributed by atoms with E-state index in [1.54, 1.807) is 24.4 Å². The minimum absolute atomic E-state index is 0.000133. The predicted molar refractivity (Wildman–Crippen MR) is 514 cm³/mol. The molecule has 0 bridgehead atoms. The lowest BCUT2D eigenvalue weighted by Crippen LogP contribution is -2.58. The van der Waals surface area contributed by atoms with E-state index in [2.05, 4.69) is 70.8 Å². The molecule has 1 spiro atoms. The summed E-state index contributed by atoms with van der Waals surface area (Å²) >= 11 is 0. The first-order chi connectivity index (χ1) is 70.0. The second-order valence-corrected chi connectivity index (χ2v) is 32.9. The second-order valence-electron chi connectivity index (χ2n) is 32.9. The fraction of sp³-hybridized carbons (Fsp3) is 0.434. The lowest BCUT2D eigenvalue weighted by atomic mass is 9.77. The Balaban J connectivity index is 0.509. The summed E-state index contributed by atoms with van der Waals surface area (Å²) in [4.78, 5) is 113. The van der Waals surface area contributed by atoms with E-state index in [1.165, 1.54) is 49.1 Å². The molecule has 1 atom stereocenters. The van der Waals surface area contributed by atoms with Gasteiger partial charge in [0.15, 0.2) is 27.9 Å². The maximum atomic E-state index is 15.0. The van der Waals surface area contributed by atoms with Crippen LogP contribution in [0.1, 0.15) is 109 Å². The molecule has 8 heterocycles. The molecule has 762 valence electrons. The average molecular weight is 1980 g/mol. The highest BCUT2D eigenvalue weighted by molar-refractivity contribution is 6.02. The number of aromatic amines is 2. The standard InChI is InChI=1S/C99H119N17O27/c100-95-110-80-21-25-105-85(80)91(113-95)139-58-69-9-3-66(4-10-69)55-133-50-47-131-44-41-128-38-35-125-32-26-103-83(120)23-30-137-62-98(116-90(122)72-15-18-77-76(52-72)94(123)143-99(77)78-19-16-74(118)53-81(78)142-82-54-75(119)17-20-79(82)99,61-136-29-22-73(117)2-1-28-124-34-37-127-40-43-130-46-49-134-56-67-5-11-70(12-6-67)59-140-92-86-88(108-64-106-86)111-96(101)114-92)63-138-31-24-84(121)104-27-33-126-36-39-129-42-45-132-48-51-135-57-68-7-13-71(14-8-68)60-141-93-87-89(109-65-107-87)112-97(102)115-93/h3-20,25,52-54,64-65,118-119H,1-2,21-24,26-51,55-63H2,(H,103,120)(H,104,121)(H,116,122)(H2,100,110,113)(H3,101,106,108,111,114)(H3,102,107,109,112,115). The molecule has 143 heavy (non-hydrogen) atoms. The maximum absolute atomic E-state index is 15.0. The number of imidazole rings is 2. The topological polar surface area (TPSA) is 572 Å². The number of nitrogens with zero attached hydrogens (tertiary/aromatic N) is 9. The van der Waals surface area contributed by atoms with Crippen molar-refractivity contribution in [3.63, 3.8) is 0 Å². The van der Waals surface area contributed by atoms with Gasteiger partial charge in [0.05, 0.1) is 216 Å². The number of aromatic hydroxyl groups is 2. The van der Waals surface area contributed by atoms with Crippen LogP contribution in [0.25, 0.3) is 22.3 Å². The Hall–Kier alpha value is -13.7. The second kappa shape index (κ2) is 55.7. The lowest BCUT2D eigenvalue weighted by molar-refractivity contribution is -0.123. The van der Waals surface area contributed by atoms with Crippen molar-refractivity contribution in [2.24, 2.45) is 4.99 Å². The van der Waals surface area contributed by atoms with Gasteiger partial charge in [-0.3, -0.25) is 24.2 Å². The Labute approximate surface area is 823 Å². The maximum Gasteiger partial charge on any atom is 0.340 e. The summed E-state index contributed by atoms with van der Waals surface area (Å²) in [6, 6.07) is 36.6. The van der Waals surface area contributed by atoms with Gasteiger partial charge in [0.1, 0.15) is 59.8 Å². The van der Waals surface area contributed by atoms with Crippen LogP contribution in [0.4, 0.5) is 23.5 Å². The smallest absolute Gasteiger partial charge is 0.340 e. The van der Waals surface area contributed by atoms with E-state index in [9.17, 15) is 29.4 Å². The number of fused-ring (bicyclic) bond motifs is 9. The molecule has 0 radical (unpaired) electrons. The summed E-state index contributed by atoms with van der Waals surface area (Å²) in [7, 11) is 0. The largest absolute Gasteiger partial charge is 0.508 e. The first-order valence-corrected chi connectivity index (χ1v) is 47.0. The van der Waals surface area contributed by atoms with Crippen molar-refractivity contribution < 1.29 is 129 Å². The number of benzene rings is 6. The number of hydrogen-bond acceptors (Lipinski definition) is 39. The van der Waals surface area contributed by atoms with Gasteiger partial charge in [0.2, 0.25) is 47.3 Å². The third kappa shape index (κ3) is 32.4. The molecule has 5 aromatic heterocycles. The van der Waals surface area contributed by atoms with E-state index in [0.717, 1.165) is 39.1 Å². The SMILES string of the molecule is Nc1nc2c(c(OCc3ccc(COCCOCCOCCOCCNC(=O)CCOCC(COCCC(=O)CCCOCCOCCOCCOCc4ccc(COc5nc(N)nc6[nH]cnc56)cc4)(COCCC(=O)NCCOCCOCCOCCOCc4ccc(COc5nc(N)nc6[nH]cnc56)cc4)NC(=O)c4ccc5c(c4)C(=O)OC54c5ccc(O)cc5Oc5cc(O)ccc54)cc3)n1)N=CC2. The number of anilines is 3. The van der Waals surface area contributed by atoms with Gasteiger partial charge in [0, 0.05) is 92.4 Å². The van der Waals surface area contributed by atoms with Crippen molar-refractivity contribution in [2.45, 2.75) is 89.3 Å². The van der Waals surface area contributed by atoms with Crippen molar-refractivity contribution in [2.75, 3.05) is 209 Å². The molecule has 11 aromatic rings. The molecule has 0 fully saturated rings. The quantitative estimate of drug-likeness (QED) is 0.0129. The number of carbonyl (C=O) groups excluding carboxylic acids is 5. The number of amides is 3. The number of phenolic OH excluding ortho intramolecular Hbond substituents is 2. The minimum Gasteiger partial charge on any atom is -0.508 e. The molecule has 44 nitrogen and oxygen atoms in total. The molecule has 3 amide bonds. The number of phenols is 2. The zero-order chi connectivity index (χ0) is 99.5. The fourth-order valence-electron chi connectivity index (χ4n) is 15.1. The van der Waals surface area contributed by atoms with E-state index >= 15 is 4.79 Å². The van der Waals surface area contributed by atoms with E-state index in [-0.39, 0.29) is 207 Å². The lowest BCUT2D eigenvalue weighted by Gasteiger charge is -2.36. The van der Waals surface area contributed by atoms with Crippen molar-refractivity contribution in [3.8, 4) is 40.6 Å². The molecule has 0 saturated heterocycles. The molecule has 14 rings (SSSR count). The summed E-state index contributed by atoms with van der Waals surface area (Å²) < 4.78 is 118. The number of Topliss-reactive ketones (excluding diaryl/α,β-unsaturated/α-hetero) is 1. The van der Waals surface area contributed by atoms with E-state index in [1.807, 2.05) is 72.8 Å². The molecule has 13 N–H and O–H groups in total. The van der Waals surface area contributed by atoms with Crippen molar-refractivity contribution in [3.05, 3.63) is 207 Å². The number of H-pyrrole nitrogens is 2. The summed E-state index contributed by atoms with van der Waals surface area (Å²) in [5.74, 6) is -1.03. The van der Waals surface area contributed by atoms with Crippen LogP contribution in [-0.2, 0) is 142 Å². The molecule has 6 aromatic carbocycles. The van der Waals surface area contributed by atoms with Gasteiger partial charge in [-0.25, -0.2) is 19.7 Å². The van der Waals surface area contributed by atoms with Crippen LogP contribution in [0.5, 0.6) is 40.6 Å². The van der Waals surface area contributed by atoms with E-state index in [0.29, 0.717) is 194 Å². The summed E-state index contributed by atoms with van der Waals surface area (Å²) in [6.07, 6.45) is 5.69. The normalized spacial score (nSPS) is 13.0. The first-order valence-electron chi connectivity index (χ1n) is 47.0. The predicted octanol–water partition coefficient (Wildman–Crippen LogP) is 7.60. The minimum atomic E-state index is -1.63. The number of aliphatic imine (C=N–C) groups is 1. The zero-order valence-electron chi connectivity index (χ0n) is 79.2. The van der Waals surface area contributed by atoms with Crippen LogP contribution in [0.3, 0.4) is 0 Å². The van der Waals surface area contributed by atoms with Crippen molar-refractivity contribution in [1.82, 2.24) is 65.8 Å². The number of ketones is 1. The van der Waals surface area contributed by atoms with Gasteiger partial charge in [0.25, 0.3) is 5.91 Å². The summed E-state index contributed by atoms with van der Waals surface area (Å²) in [5, 5.41) is 29.8. The van der Waals surface area contributed by atoms with Crippen LogP contribution in [0, 0.1) is 0 Å². The third-order valence-electron chi connectivity index (χ3n) is 22.2. The monoisotopic (exact) mass is 1980 g/mol. The highest BCUT2D eigenvalue weighted by Crippen LogP contribution is 2.57. The number of ether oxygens (including phenoxy) is 20. The molecule has 44 heteroatoms. The van der Waals surface area contributed by atoms with Crippen LogP contribution in [0.2, 0.25) is 0 Å². The number of nitrogens with two attached hydrogens (primary N) is 3. The van der Waals surface area contributed by atoms with Gasteiger partial charge in [-0.1, -0.05) is 78.9 Å². The molecule has 0 aliphatic carbocycles. The van der Waals surface area contributed by atoms with Crippen LogP contribution >= 0.6 is 0 Å². The molecular formula is C99H119N17O27. The summed E-state index contributed by atoms with van der Waals surface area (Å²) in [5.41, 5.74) is 24.4. The number of nitrogens with one attached hydrogen (secondary N) is 5. The third-order valence-corrected chi connectivity index (χ3v) is 22.2. The average Bonchev–Trinajstić information content (AvgIpc) is 1.55. The van der Waals surface area contributed by atoms with Crippen molar-refractivity contribution >= 4 is 81.5 Å². The number of carbonyl (C=O) groups is 5. The molecule has 3 aliphatic heterocycles. The van der Waals surface area contributed by atoms with Crippen molar-refractivity contribution in [1.29, 1.82) is 0 Å². The first kappa shape index (κ1) is 105. The van der Waals surface area contributed by atoms with Gasteiger partial charge < -0.3 is 148 Å². The Bertz CT molecular complexity index is 5700. The molecule has 3 aliphatic rings. The number of aromatic nitrogens is 10.